The summed E-state index contributed by atoms with van der Waals surface area (Å²) in [4.78, 5) is 34.8. The normalized spacial score (nSPS) is 13.5. The van der Waals surface area contributed by atoms with Gasteiger partial charge < -0.3 is 20.1 Å². The average molecular weight is 758 g/mol. The Balaban J connectivity index is 4.19. The van der Waals surface area contributed by atoms with Crippen molar-refractivity contribution in [1.82, 2.24) is 0 Å². The van der Waals surface area contributed by atoms with Crippen molar-refractivity contribution in [2.24, 2.45) is 5.73 Å². The minimum Gasteiger partial charge on any atom is -0.462 e. The van der Waals surface area contributed by atoms with E-state index in [2.05, 4.69) is 38.2 Å². The smallest absolute Gasteiger partial charge is 0.462 e. The van der Waals surface area contributed by atoms with Crippen LogP contribution in [0.4, 0.5) is 0 Å². The topological polar surface area (TPSA) is 134 Å². The predicted molar refractivity (Wildman–Crippen MR) is 215 cm³/mol. The minimum absolute atomic E-state index is 0.0510. The van der Waals surface area contributed by atoms with E-state index in [1.807, 2.05) is 0 Å². The maximum atomic E-state index is 12.6. The second-order valence-electron chi connectivity index (χ2n) is 14.2. The highest BCUT2D eigenvalue weighted by Crippen LogP contribution is 2.43. The summed E-state index contributed by atoms with van der Waals surface area (Å²) in [7, 11) is -4.38. The molecule has 0 saturated heterocycles. The number of hydrogen-bond acceptors (Lipinski definition) is 8. The Kier molecular flexibility index (Phi) is 38.1. The first-order valence-corrected chi connectivity index (χ1v) is 22.8. The number of esters is 2. The lowest BCUT2D eigenvalue weighted by molar-refractivity contribution is -0.161. The van der Waals surface area contributed by atoms with Crippen LogP contribution in [0.1, 0.15) is 200 Å². The zero-order valence-corrected chi connectivity index (χ0v) is 34.4. The van der Waals surface area contributed by atoms with Crippen LogP contribution in [-0.2, 0) is 32.7 Å². The zero-order chi connectivity index (χ0) is 38.2. The number of hydrogen-bond donors (Lipinski definition) is 2. The molecule has 10 heteroatoms. The van der Waals surface area contributed by atoms with E-state index in [1.165, 1.54) is 122 Å². The molecule has 0 aliphatic heterocycles. The van der Waals surface area contributed by atoms with Crippen molar-refractivity contribution in [1.29, 1.82) is 0 Å². The van der Waals surface area contributed by atoms with Crippen LogP contribution in [0, 0.1) is 0 Å². The monoisotopic (exact) mass is 758 g/mol. The molecule has 306 valence electrons. The van der Waals surface area contributed by atoms with Gasteiger partial charge in [0.15, 0.2) is 6.10 Å². The molecule has 0 spiro atoms. The SMILES string of the molecule is CCCCCCCC/C=C/C/C=C/CCCCC(=O)OC[C@H](COP(=O)(O)OCCN)OC(=O)CCCCCCCCCCCCCCCCCC. The molecule has 0 aromatic heterocycles. The van der Waals surface area contributed by atoms with E-state index in [1.54, 1.807) is 0 Å². The summed E-state index contributed by atoms with van der Waals surface area (Å²) >= 11 is 0. The van der Waals surface area contributed by atoms with Gasteiger partial charge in [0.25, 0.3) is 0 Å². The minimum atomic E-state index is -4.38. The molecule has 0 aliphatic carbocycles. The van der Waals surface area contributed by atoms with Crippen molar-refractivity contribution in [3.63, 3.8) is 0 Å². The molecular formula is C42H80NO8P. The highest BCUT2D eigenvalue weighted by molar-refractivity contribution is 7.47. The summed E-state index contributed by atoms with van der Waals surface area (Å²) in [5, 5.41) is 0. The van der Waals surface area contributed by atoms with Gasteiger partial charge in [-0.05, 0) is 44.9 Å². The zero-order valence-electron chi connectivity index (χ0n) is 33.6. The fourth-order valence-corrected chi connectivity index (χ4v) is 6.67. The van der Waals surface area contributed by atoms with E-state index in [0.29, 0.717) is 12.8 Å². The molecule has 0 aliphatic rings. The Hall–Kier alpha value is -1.51. The van der Waals surface area contributed by atoms with Gasteiger partial charge in [-0.15, -0.1) is 0 Å². The summed E-state index contributed by atoms with van der Waals surface area (Å²) in [5.74, 6) is -0.860. The fourth-order valence-electron chi connectivity index (χ4n) is 5.90. The van der Waals surface area contributed by atoms with Crippen LogP contribution < -0.4 is 5.73 Å². The van der Waals surface area contributed by atoms with Crippen molar-refractivity contribution in [2.45, 2.75) is 206 Å². The number of rotatable bonds is 40. The molecule has 0 saturated carbocycles. The first-order chi connectivity index (χ1) is 25.3. The number of unbranched alkanes of at least 4 members (excludes halogenated alkanes) is 23. The Morgan fingerprint density at radius 1 is 0.577 bits per heavy atom. The Morgan fingerprint density at radius 3 is 1.50 bits per heavy atom. The lowest BCUT2D eigenvalue weighted by atomic mass is 10.0. The number of phosphoric acid groups is 1. The number of ether oxygens (including phenoxy) is 2. The van der Waals surface area contributed by atoms with Gasteiger partial charge in [0, 0.05) is 19.4 Å². The summed E-state index contributed by atoms with van der Waals surface area (Å²) in [5.41, 5.74) is 5.34. The largest absolute Gasteiger partial charge is 0.472 e. The van der Waals surface area contributed by atoms with Crippen LogP contribution in [0.5, 0.6) is 0 Å². The molecule has 52 heavy (non-hydrogen) atoms. The van der Waals surface area contributed by atoms with E-state index < -0.39 is 32.5 Å². The highest BCUT2D eigenvalue weighted by Gasteiger charge is 2.26. The van der Waals surface area contributed by atoms with Crippen LogP contribution in [0.25, 0.3) is 0 Å². The van der Waals surface area contributed by atoms with E-state index in [0.717, 1.165) is 38.5 Å². The van der Waals surface area contributed by atoms with Crippen molar-refractivity contribution < 1.29 is 37.6 Å². The number of nitrogens with two attached hydrogens (primary N) is 1. The first-order valence-electron chi connectivity index (χ1n) is 21.3. The third-order valence-corrected chi connectivity index (χ3v) is 10.1. The van der Waals surface area contributed by atoms with Gasteiger partial charge in [-0.1, -0.05) is 167 Å². The second kappa shape index (κ2) is 39.2. The molecule has 3 N–H and O–H groups in total. The van der Waals surface area contributed by atoms with Gasteiger partial charge >= 0.3 is 19.8 Å². The van der Waals surface area contributed by atoms with Gasteiger partial charge in [-0.25, -0.2) is 4.57 Å². The first kappa shape index (κ1) is 50.5. The Morgan fingerprint density at radius 2 is 1.00 bits per heavy atom. The maximum Gasteiger partial charge on any atom is 0.472 e. The number of allylic oxidation sites excluding steroid dienone is 4. The van der Waals surface area contributed by atoms with Crippen LogP contribution in [0.3, 0.4) is 0 Å². The van der Waals surface area contributed by atoms with E-state index >= 15 is 0 Å². The molecule has 1 unspecified atom stereocenters. The summed E-state index contributed by atoms with van der Waals surface area (Å²) in [6.07, 6.45) is 40.6. The van der Waals surface area contributed by atoms with Gasteiger partial charge in [0.1, 0.15) is 6.61 Å². The maximum absolute atomic E-state index is 12.6. The molecule has 0 heterocycles. The standard InChI is InChI=1S/C42H80NO8P/c1-3-5-7-9-11-13-15-17-19-21-23-25-27-29-31-33-35-42(45)51-40(39-50-52(46,47)49-37-36-43)38-48-41(44)34-32-30-28-26-24-22-20-18-16-14-12-10-8-6-4-2/h18,20,24,26,40H,3-17,19,21-23,25,27-39,43H2,1-2H3,(H,46,47)/b20-18+,26-24+/t40-/m1/s1. The molecule has 0 radical (unpaired) electrons. The molecule has 0 aromatic rings. The number of carbonyl (C=O) groups is 2. The number of carbonyl (C=O) groups excluding carboxylic acids is 2. The van der Waals surface area contributed by atoms with Crippen molar-refractivity contribution in [2.75, 3.05) is 26.4 Å². The molecule has 2 atom stereocenters. The molecule has 0 amide bonds. The second-order valence-corrected chi connectivity index (χ2v) is 15.7. The van der Waals surface area contributed by atoms with Crippen molar-refractivity contribution in [3.05, 3.63) is 24.3 Å². The summed E-state index contributed by atoms with van der Waals surface area (Å²) < 4.78 is 32.7. The van der Waals surface area contributed by atoms with Crippen molar-refractivity contribution >= 4 is 19.8 Å². The fraction of sp³-hybridized carbons (Fsp3) is 0.857. The molecule has 9 nitrogen and oxygen atoms in total. The van der Waals surface area contributed by atoms with Crippen LogP contribution in [0.2, 0.25) is 0 Å². The third kappa shape index (κ3) is 38.2. The van der Waals surface area contributed by atoms with E-state index in [4.69, 9.17) is 24.3 Å². The van der Waals surface area contributed by atoms with Crippen LogP contribution in [-0.4, -0.2) is 49.3 Å². The van der Waals surface area contributed by atoms with Gasteiger partial charge in [-0.2, -0.15) is 0 Å². The summed E-state index contributed by atoms with van der Waals surface area (Å²) in [6.45, 7) is 3.70. The van der Waals surface area contributed by atoms with Gasteiger partial charge in [0.05, 0.1) is 13.2 Å². The Bertz CT molecular complexity index is 912. The highest BCUT2D eigenvalue weighted by atomic mass is 31.2. The van der Waals surface area contributed by atoms with Crippen LogP contribution >= 0.6 is 7.82 Å². The lowest BCUT2D eigenvalue weighted by Gasteiger charge is -2.19. The van der Waals surface area contributed by atoms with Crippen LogP contribution in [0.15, 0.2) is 24.3 Å². The van der Waals surface area contributed by atoms with Crippen molar-refractivity contribution in [3.8, 4) is 0 Å². The van der Waals surface area contributed by atoms with E-state index in [9.17, 15) is 19.0 Å². The average Bonchev–Trinajstić information content (AvgIpc) is 3.13. The summed E-state index contributed by atoms with van der Waals surface area (Å²) in [6, 6.07) is 0. The van der Waals surface area contributed by atoms with E-state index in [-0.39, 0.29) is 32.6 Å². The third-order valence-electron chi connectivity index (χ3n) is 9.09. The molecule has 0 bridgehead atoms. The Labute approximate surface area is 319 Å². The number of phosphoric ester groups is 1. The molecule has 0 fully saturated rings. The molecular weight excluding hydrogens is 677 g/mol. The van der Waals surface area contributed by atoms with Gasteiger partial charge in [-0.3, -0.25) is 18.6 Å². The predicted octanol–water partition coefficient (Wildman–Crippen LogP) is 12.0. The lowest BCUT2D eigenvalue weighted by Crippen LogP contribution is -2.29. The van der Waals surface area contributed by atoms with Gasteiger partial charge in [0.2, 0.25) is 0 Å². The quantitative estimate of drug-likeness (QED) is 0.0271. The molecule has 0 aromatic carbocycles. The molecule has 0 rings (SSSR count).